The number of halogens is 1. The third-order valence-electron chi connectivity index (χ3n) is 2.17. The van der Waals surface area contributed by atoms with Crippen molar-refractivity contribution >= 4 is 27.5 Å². The lowest BCUT2D eigenvalue weighted by molar-refractivity contribution is -0.119. The van der Waals surface area contributed by atoms with Crippen LogP contribution < -0.4 is 4.90 Å². The number of carbonyl (C=O) groups excluding carboxylic acids is 1. The summed E-state index contributed by atoms with van der Waals surface area (Å²) in [6.07, 6.45) is 2.03. The molecule has 1 aromatic carbocycles. The number of amides is 1. The number of nitrogens with zero attached hydrogens (tertiary/aromatic N) is 1. The van der Waals surface area contributed by atoms with Gasteiger partial charge >= 0.3 is 0 Å². The number of benzene rings is 1. The summed E-state index contributed by atoms with van der Waals surface area (Å²) in [6.45, 7) is 0.455. The van der Waals surface area contributed by atoms with Crippen molar-refractivity contribution in [1.82, 2.24) is 0 Å². The Bertz CT molecular complexity index is 491. The third kappa shape index (κ3) is 1.98. The van der Waals surface area contributed by atoms with Crippen LogP contribution in [0.3, 0.4) is 0 Å². The molecule has 14 heavy (non-hydrogen) atoms. The highest BCUT2D eigenvalue weighted by molar-refractivity contribution is 9.10. The molecule has 0 atom stereocenters. The van der Waals surface area contributed by atoms with Gasteiger partial charge in [0.25, 0.3) is 0 Å². The molecule has 0 radical (unpaired) electrons. The minimum absolute atomic E-state index is 0.0953. The smallest absolute Gasteiger partial charge is 0.226 e. The van der Waals surface area contributed by atoms with Crippen LogP contribution in [0.15, 0.2) is 28.6 Å². The van der Waals surface area contributed by atoms with Crippen molar-refractivity contribution in [2.75, 3.05) is 11.4 Å². The molecule has 1 fully saturated rings. The predicted molar refractivity (Wildman–Crippen MR) is 60.3 cm³/mol. The van der Waals surface area contributed by atoms with Gasteiger partial charge in [0.1, 0.15) is 0 Å². The number of hydrogen-bond donors (Lipinski definition) is 0. The Morgan fingerprint density at radius 3 is 2.64 bits per heavy atom. The molecule has 3 heteroatoms. The molecule has 0 aliphatic carbocycles. The first-order chi connectivity index (χ1) is 8.45. The Balaban J connectivity index is 2.60. The van der Waals surface area contributed by atoms with Gasteiger partial charge in [0.15, 0.2) is 0 Å². The molecule has 74 valence electrons. The molecule has 0 saturated carbocycles. The van der Waals surface area contributed by atoms with Crippen LogP contribution in [0.5, 0.6) is 0 Å². The first-order valence-corrected chi connectivity index (χ1v) is 5.30. The second kappa shape index (κ2) is 4.13. The maximum absolute atomic E-state index is 11.8. The van der Waals surface area contributed by atoms with Crippen molar-refractivity contribution in [1.29, 1.82) is 0 Å². The quantitative estimate of drug-likeness (QED) is 0.758. The highest BCUT2D eigenvalue weighted by atomic mass is 79.9. The highest BCUT2D eigenvalue weighted by Gasteiger charge is 2.18. The van der Waals surface area contributed by atoms with E-state index in [1.54, 1.807) is 0 Å². The van der Waals surface area contributed by atoms with Crippen LogP contribution in [0, 0.1) is 0 Å². The zero-order valence-electron chi connectivity index (χ0n) is 11.6. The number of piperidine rings is 1. The van der Waals surface area contributed by atoms with Gasteiger partial charge in [-0.15, -0.1) is 0 Å². The molecule has 1 saturated heterocycles. The Morgan fingerprint density at radius 1 is 1.29 bits per heavy atom. The van der Waals surface area contributed by atoms with E-state index < -0.39 is 0 Å². The fraction of sp³-hybridized carbons (Fsp3) is 0.364. The molecular formula is C11H12BrNO. The van der Waals surface area contributed by atoms with E-state index in [2.05, 4.69) is 15.9 Å². The summed E-state index contributed by atoms with van der Waals surface area (Å²) in [5.74, 6) is -0.135. The second-order valence-corrected chi connectivity index (χ2v) is 3.96. The van der Waals surface area contributed by atoms with Crippen LogP contribution in [0.1, 0.15) is 24.7 Å². The molecule has 2 rings (SSSR count). The summed E-state index contributed by atoms with van der Waals surface area (Å²) < 4.78 is 31.4. The van der Waals surface area contributed by atoms with E-state index in [4.69, 9.17) is 5.48 Å². The maximum atomic E-state index is 11.8. The Morgan fingerprint density at radius 2 is 2.00 bits per heavy atom. The summed E-state index contributed by atoms with van der Waals surface area (Å²) in [5.41, 5.74) is 0.0953. The van der Waals surface area contributed by atoms with Gasteiger partial charge in [0.2, 0.25) is 5.91 Å². The number of carbonyl (C=O) groups is 1. The second-order valence-electron chi connectivity index (χ2n) is 3.17. The highest BCUT2D eigenvalue weighted by Crippen LogP contribution is 2.22. The minimum atomic E-state index is -0.168. The Labute approximate surface area is 97.7 Å². The van der Waals surface area contributed by atoms with Gasteiger partial charge in [-0.25, -0.2) is 0 Å². The van der Waals surface area contributed by atoms with Crippen molar-refractivity contribution in [2.45, 2.75) is 19.3 Å². The lowest BCUT2D eigenvalue weighted by atomic mass is 10.1. The van der Waals surface area contributed by atoms with Crippen molar-refractivity contribution < 1.29 is 10.3 Å². The van der Waals surface area contributed by atoms with Gasteiger partial charge in [0, 0.05) is 23.1 Å². The fourth-order valence-corrected chi connectivity index (χ4v) is 1.67. The van der Waals surface area contributed by atoms with E-state index in [0.717, 1.165) is 12.8 Å². The van der Waals surface area contributed by atoms with Gasteiger partial charge in [-0.05, 0) is 37.0 Å². The van der Waals surface area contributed by atoms with Gasteiger partial charge in [-0.2, -0.15) is 0 Å². The largest absolute Gasteiger partial charge is 0.312 e. The molecule has 1 amide bonds. The van der Waals surface area contributed by atoms with Crippen molar-refractivity contribution in [2.24, 2.45) is 0 Å². The number of anilines is 1. The summed E-state index contributed by atoms with van der Waals surface area (Å²) in [6, 6.07) is -0.634. The Kier molecular flexibility index (Phi) is 1.74. The lowest BCUT2D eigenvalue weighted by Crippen LogP contribution is -2.35. The van der Waals surface area contributed by atoms with Crippen LogP contribution in [0.4, 0.5) is 5.69 Å². The lowest BCUT2D eigenvalue weighted by Gasteiger charge is -2.26. The summed E-state index contributed by atoms with van der Waals surface area (Å²) in [7, 11) is 0. The number of hydrogen-bond acceptors (Lipinski definition) is 1. The van der Waals surface area contributed by atoms with E-state index in [1.807, 2.05) is 0 Å². The van der Waals surface area contributed by atoms with Gasteiger partial charge in [0.05, 0.1) is 5.48 Å². The van der Waals surface area contributed by atoms with Crippen LogP contribution >= 0.6 is 15.9 Å². The first kappa shape index (κ1) is 5.91. The van der Waals surface area contributed by atoms with E-state index in [-0.39, 0.29) is 40.2 Å². The van der Waals surface area contributed by atoms with Crippen LogP contribution in [0.2, 0.25) is 0 Å². The van der Waals surface area contributed by atoms with Crippen molar-refractivity contribution in [3.05, 3.63) is 28.6 Å². The predicted octanol–water partition coefficient (Wildman–Crippen LogP) is 2.97. The van der Waals surface area contributed by atoms with Gasteiger partial charge < -0.3 is 4.90 Å². The minimum Gasteiger partial charge on any atom is -0.312 e. The SMILES string of the molecule is [2H]c1c([2H])c(N2CCCCC2=O)c([2H])c([2H])c1Br. The Hall–Kier alpha value is -0.830. The molecule has 0 spiro atoms. The fourth-order valence-electron chi connectivity index (χ4n) is 1.47. The van der Waals surface area contributed by atoms with Crippen LogP contribution in [0.25, 0.3) is 0 Å². The average molecular weight is 258 g/mol. The van der Waals surface area contributed by atoms with E-state index in [1.165, 1.54) is 4.90 Å². The molecule has 0 aromatic heterocycles. The van der Waals surface area contributed by atoms with Gasteiger partial charge in [-0.1, -0.05) is 15.9 Å². The number of rotatable bonds is 1. The molecule has 1 aliphatic heterocycles. The van der Waals surface area contributed by atoms with Crippen molar-refractivity contribution in [3.8, 4) is 0 Å². The monoisotopic (exact) mass is 257 g/mol. The first-order valence-electron chi connectivity index (χ1n) is 6.51. The molecule has 2 nitrogen and oxygen atoms in total. The van der Waals surface area contributed by atoms with Crippen LogP contribution in [-0.2, 0) is 4.79 Å². The van der Waals surface area contributed by atoms with E-state index in [9.17, 15) is 4.79 Å². The van der Waals surface area contributed by atoms with Crippen LogP contribution in [-0.4, -0.2) is 12.5 Å². The van der Waals surface area contributed by atoms with Crippen molar-refractivity contribution in [3.63, 3.8) is 0 Å². The normalized spacial score (nSPS) is 21.2. The zero-order chi connectivity index (χ0) is 13.4. The van der Waals surface area contributed by atoms with E-state index >= 15 is 0 Å². The summed E-state index contributed by atoms with van der Waals surface area (Å²) in [4.78, 5) is 13.2. The molecule has 0 N–H and O–H groups in total. The average Bonchev–Trinajstić information content (AvgIpc) is 2.36. The maximum Gasteiger partial charge on any atom is 0.226 e. The zero-order valence-corrected chi connectivity index (χ0v) is 9.15. The summed E-state index contributed by atoms with van der Waals surface area (Å²) in [5, 5.41) is 0. The molecular weight excluding hydrogens is 242 g/mol. The molecule has 0 unspecified atom stereocenters. The molecule has 1 aliphatic rings. The van der Waals surface area contributed by atoms with Gasteiger partial charge in [-0.3, -0.25) is 4.79 Å². The van der Waals surface area contributed by atoms with E-state index in [0.29, 0.717) is 13.0 Å². The summed E-state index contributed by atoms with van der Waals surface area (Å²) >= 11 is 3.04. The third-order valence-corrected chi connectivity index (χ3v) is 2.57. The topological polar surface area (TPSA) is 20.3 Å². The molecule has 1 aromatic rings. The molecule has 1 heterocycles. The molecule has 0 bridgehead atoms. The standard InChI is InChI=1S/C11H12BrNO/c12-9-4-6-10(7-5-9)13-8-2-1-3-11(13)14/h4-7H,1-3,8H2/i4D,5D,6D,7D.